The third kappa shape index (κ3) is 1.04. The van der Waals surface area contributed by atoms with Crippen molar-refractivity contribution < 1.29 is 0 Å². The Morgan fingerprint density at radius 1 is 1.17 bits per heavy atom. The van der Waals surface area contributed by atoms with Crippen molar-refractivity contribution in [2.24, 2.45) is 0 Å². The molecule has 0 saturated heterocycles. The van der Waals surface area contributed by atoms with Crippen LogP contribution in [0.25, 0.3) is 11.0 Å². The Balaban J connectivity index is 2.92. The smallest absolute Gasteiger partial charge is 0.224 e. The minimum absolute atomic E-state index is 0.136. The maximum atomic E-state index is 5.76. The normalized spacial score (nSPS) is 10.9. The van der Waals surface area contributed by atoms with Crippen molar-refractivity contribution in [1.29, 1.82) is 0 Å². The van der Waals surface area contributed by atoms with Gasteiger partial charge < -0.3 is 0 Å². The topological polar surface area (TPSA) is 54.5 Å². The predicted octanol–water partition coefficient (Wildman–Crippen LogP) is 1.97. The van der Waals surface area contributed by atoms with Crippen molar-refractivity contribution in [3.05, 3.63) is 16.1 Å². The monoisotopic (exact) mass is 202 g/mol. The lowest BCUT2D eigenvalue weighted by molar-refractivity contribution is 1.07. The average Bonchev–Trinajstić information content (AvgIpc) is 2.33. The van der Waals surface area contributed by atoms with Crippen molar-refractivity contribution in [1.82, 2.24) is 20.2 Å². The molecule has 0 radical (unpaired) electrons. The molecule has 0 unspecified atom stereocenters. The first kappa shape index (κ1) is 7.76. The van der Waals surface area contributed by atoms with E-state index in [0.717, 1.165) is 5.69 Å². The molecular formula is C6H4Cl2N4. The van der Waals surface area contributed by atoms with E-state index in [4.69, 9.17) is 23.2 Å². The number of fused-ring (bicyclic) bond motifs is 1. The molecule has 0 saturated carbocycles. The summed E-state index contributed by atoms with van der Waals surface area (Å²) in [5.41, 5.74) is 2.05. The molecule has 0 aliphatic heterocycles. The number of nitrogens with one attached hydrogen (secondary N) is 1. The van der Waals surface area contributed by atoms with E-state index in [1.54, 1.807) is 0 Å². The molecule has 0 aliphatic rings. The van der Waals surface area contributed by atoms with Gasteiger partial charge in [-0.1, -0.05) is 11.6 Å². The lowest BCUT2D eigenvalue weighted by Crippen LogP contribution is -1.84. The third-order valence-corrected chi connectivity index (χ3v) is 1.94. The summed E-state index contributed by atoms with van der Waals surface area (Å²) in [6.45, 7) is 1.84. The fourth-order valence-electron chi connectivity index (χ4n) is 0.955. The summed E-state index contributed by atoms with van der Waals surface area (Å²) < 4.78 is 0. The molecule has 0 spiro atoms. The molecule has 2 aromatic heterocycles. The first-order valence-electron chi connectivity index (χ1n) is 3.22. The highest BCUT2D eigenvalue weighted by molar-refractivity contribution is 6.35. The number of hydrogen-bond donors (Lipinski definition) is 1. The van der Waals surface area contributed by atoms with E-state index in [9.17, 15) is 0 Å². The van der Waals surface area contributed by atoms with E-state index >= 15 is 0 Å². The molecule has 2 aromatic rings. The molecule has 62 valence electrons. The van der Waals surface area contributed by atoms with Crippen LogP contribution in [0.2, 0.25) is 10.4 Å². The van der Waals surface area contributed by atoms with Crippen molar-refractivity contribution in [3.8, 4) is 0 Å². The van der Waals surface area contributed by atoms with Gasteiger partial charge in [0, 0.05) is 0 Å². The van der Waals surface area contributed by atoms with Crippen molar-refractivity contribution in [2.75, 3.05) is 0 Å². The largest absolute Gasteiger partial charge is 0.280 e. The molecule has 0 bridgehead atoms. The van der Waals surface area contributed by atoms with Gasteiger partial charge in [0.05, 0.1) is 5.69 Å². The standard InChI is InChI=1S/C6H4Cl2N4/c1-2-3-4(12-11-2)5(7)10-6(8)9-3/h1H3,(H,11,12). The van der Waals surface area contributed by atoms with Crippen molar-refractivity contribution in [3.63, 3.8) is 0 Å². The first-order valence-corrected chi connectivity index (χ1v) is 3.98. The summed E-state index contributed by atoms with van der Waals surface area (Å²) in [7, 11) is 0. The molecule has 1 N–H and O–H groups in total. The van der Waals surface area contributed by atoms with Gasteiger partial charge in [-0.3, -0.25) is 5.10 Å². The van der Waals surface area contributed by atoms with Crippen LogP contribution in [0.4, 0.5) is 0 Å². The summed E-state index contributed by atoms with van der Waals surface area (Å²) in [4.78, 5) is 7.72. The summed E-state index contributed by atoms with van der Waals surface area (Å²) in [6, 6.07) is 0. The second kappa shape index (κ2) is 2.57. The molecule has 6 heteroatoms. The quantitative estimate of drug-likeness (QED) is 0.525. The lowest BCUT2D eigenvalue weighted by Gasteiger charge is -1.92. The number of nitrogens with zero attached hydrogens (tertiary/aromatic N) is 3. The van der Waals surface area contributed by atoms with Crippen LogP contribution in [0.5, 0.6) is 0 Å². The predicted molar refractivity (Wildman–Crippen MR) is 46.4 cm³/mol. The van der Waals surface area contributed by atoms with E-state index in [-0.39, 0.29) is 10.4 Å². The minimum Gasteiger partial charge on any atom is -0.280 e. The van der Waals surface area contributed by atoms with Crippen molar-refractivity contribution in [2.45, 2.75) is 6.92 Å². The fraction of sp³-hybridized carbons (Fsp3) is 0.167. The van der Waals surface area contributed by atoms with Gasteiger partial charge in [0.2, 0.25) is 5.28 Å². The Morgan fingerprint density at radius 3 is 2.67 bits per heavy atom. The number of rotatable bonds is 0. The molecule has 0 aromatic carbocycles. The van der Waals surface area contributed by atoms with Crippen LogP contribution in [0.1, 0.15) is 5.69 Å². The van der Waals surface area contributed by atoms with Gasteiger partial charge in [0.1, 0.15) is 11.0 Å². The molecule has 2 rings (SSSR count). The first-order chi connectivity index (χ1) is 5.68. The molecule has 12 heavy (non-hydrogen) atoms. The zero-order chi connectivity index (χ0) is 8.72. The van der Waals surface area contributed by atoms with Gasteiger partial charge in [-0.2, -0.15) is 5.10 Å². The number of H-pyrrole nitrogens is 1. The van der Waals surface area contributed by atoms with Crippen LogP contribution in [-0.2, 0) is 0 Å². The Labute approximate surface area is 77.9 Å². The highest BCUT2D eigenvalue weighted by Gasteiger charge is 2.09. The van der Waals surface area contributed by atoms with Gasteiger partial charge in [-0.15, -0.1) is 0 Å². The van der Waals surface area contributed by atoms with Crippen LogP contribution in [0, 0.1) is 6.92 Å². The van der Waals surface area contributed by atoms with Crippen LogP contribution in [0.3, 0.4) is 0 Å². The van der Waals surface area contributed by atoms with Crippen LogP contribution < -0.4 is 0 Å². The average molecular weight is 203 g/mol. The van der Waals surface area contributed by atoms with E-state index in [1.807, 2.05) is 6.92 Å². The molecule has 0 aliphatic carbocycles. The van der Waals surface area contributed by atoms with Gasteiger partial charge in [-0.25, -0.2) is 9.97 Å². The van der Waals surface area contributed by atoms with Gasteiger partial charge in [0.25, 0.3) is 0 Å². The molecule has 4 nitrogen and oxygen atoms in total. The SMILES string of the molecule is Cc1[nH]nc2c(Cl)nc(Cl)nc12. The van der Waals surface area contributed by atoms with E-state index in [1.165, 1.54) is 0 Å². The van der Waals surface area contributed by atoms with E-state index in [0.29, 0.717) is 11.0 Å². The molecule has 0 fully saturated rings. The lowest BCUT2D eigenvalue weighted by atomic mass is 10.4. The summed E-state index contributed by atoms with van der Waals surface area (Å²) in [6.07, 6.45) is 0. The van der Waals surface area contributed by atoms with Gasteiger partial charge in [-0.05, 0) is 18.5 Å². The zero-order valence-corrected chi connectivity index (χ0v) is 7.61. The Kier molecular flexibility index (Phi) is 1.66. The van der Waals surface area contributed by atoms with Crippen LogP contribution in [-0.4, -0.2) is 20.2 Å². The molecule has 0 amide bonds. The zero-order valence-electron chi connectivity index (χ0n) is 6.10. The highest BCUT2D eigenvalue weighted by atomic mass is 35.5. The molecular weight excluding hydrogens is 199 g/mol. The Hall–Kier alpha value is -0.870. The maximum Gasteiger partial charge on any atom is 0.224 e. The number of aryl methyl sites for hydroxylation is 1. The second-order valence-corrected chi connectivity index (χ2v) is 3.03. The number of aromatic amines is 1. The Bertz CT molecular complexity index is 436. The maximum absolute atomic E-state index is 5.76. The third-order valence-electron chi connectivity index (χ3n) is 1.50. The molecule has 0 atom stereocenters. The summed E-state index contributed by atoms with van der Waals surface area (Å²) in [5, 5.41) is 7.08. The van der Waals surface area contributed by atoms with E-state index in [2.05, 4.69) is 20.2 Å². The highest BCUT2D eigenvalue weighted by Crippen LogP contribution is 2.21. The summed E-state index contributed by atoms with van der Waals surface area (Å²) >= 11 is 11.4. The minimum atomic E-state index is 0.136. The fourth-order valence-corrected chi connectivity index (χ4v) is 1.38. The Morgan fingerprint density at radius 2 is 1.92 bits per heavy atom. The second-order valence-electron chi connectivity index (χ2n) is 2.33. The number of aromatic nitrogens is 4. The number of hydrogen-bond acceptors (Lipinski definition) is 3. The summed E-state index contributed by atoms with van der Waals surface area (Å²) in [5.74, 6) is 0. The van der Waals surface area contributed by atoms with Crippen LogP contribution >= 0.6 is 23.2 Å². The molecule has 2 heterocycles. The number of halogens is 2. The van der Waals surface area contributed by atoms with Crippen LogP contribution in [0.15, 0.2) is 0 Å². The van der Waals surface area contributed by atoms with Gasteiger partial charge >= 0.3 is 0 Å². The van der Waals surface area contributed by atoms with Crippen molar-refractivity contribution >= 4 is 34.2 Å². The van der Waals surface area contributed by atoms with E-state index < -0.39 is 0 Å². The van der Waals surface area contributed by atoms with Gasteiger partial charge in [0.15, 0.2) is 5.15 Å².